The van der Waals surface area contributed by atoms with E-state index >= 15 is 0 Å². The van der Waals surface area contributed by atoms with Crippen LogP contribution in [0.25, 0.3) is 0 Å². The summed E-state index contributed by atoms with van der Waals surface area (Å²) < 4.78 is 16.4. The molecule has 0 radical (unpaired) electrons. The summed E-state index contributed by atoms with van der Waals surface area (Å²) >= 11 is 6.05. The minimum atomic E-state index is -0.601. The molecule has 6 heteroatoms. The van der Waals surface area contributed by atoms with Crippen LogP contribution >= 0.6 is 11.6 Å². The number of rotatable bonds is 5. The standard InChI is InChI=1S/C21H21ClO5/c1-13-3-7-15(8-4-13)20(23)25-12-18-17(11-19(22)26-18)27-21(24)16-9-5-14(2)6-10-16/h3-10,17-19H,11-12H2,1-2H3/t17-,18+,19?/m0/s1. The number of hydrogen-bond acceptors (Lipinski definition) is 5. The number of carbonyl (C=O) groups excluding carboxylic acids is 2. The largest absolute Gasteiger partial charge is 0.459 e. The molecule has 0 saturated carbocycles. The lowest BCUT2D eigenvalue weighted by atomic mass is 10.1. The zero-order valence-electron chi connectivity index (χ0n) is 15.2. The van der Waals surface area contributed by atoms with Crippen molar-refractivity contribution in [2.24, 2.45) is 0 Å². The molecule has 0 aliphatic carbocycles. The molecule has 2 aromatic carbocycles. The van der Waals surface area contributed by atoms with E-state index in [1.807, 2.05) is 38.1 Å². The molecule has 0 spiro atoms. The van der Waals surface area contributed by atoms with E-state index in [0.717, 1.165) is 11.1 Å². The van der Waals surface area contributed by atoms with Crippen molar-refractivity contribution in [3.05, 3.63) is 70.8 Å². The fraction of sp³-hybridized carbons (Fsp3) is 0.333. The highest BCUT2D eigenvalue weighted by Crippen LogP contribution is 2.27. The Morgan fingerprint density at radius 3 is 2.04 bits per heavy atom. The normalized spacial score (nSPS) is 21.7. The van der Waals surface area contributed by atoms with Crippen molar-refractivity contribution in [1.82, 2.24) is 0 Å². The predicted molar refractivity (Wildman–Crippen MR) is 101 cm³/mol. The van der Waals surface area contributed by atoms with Gasteiger partial charge in [0, 0.05) is 6.42 Å². The summed E-state index contributed by atoms with van der Waals surface area (Å²) in [7, 11) is 0. The second kappa shape index (κ2) is 8.55. The van der Waals surface area contributed by atoms with Crippen LogP contribution in [-0.4, -0.2) is 36.3 Å². The van der Waals surface area contributed by atoms with Gasteiger partial charge in [-0.3, -0.25) is 0 Å². The fourth-order valence-electron chi connectivity index (χ4n) is 2.76. The van der Waals surface area contributed by atoms with E-state index in [2.05, 4.69) is 0 Å². The van der Waals surface area contributed by atoms with Crippen molar-refractivity contribution in [3.63, 3.8) is 0 Å². The lowest BCUT2D eigenvalue weighted by Crippen LogP contribution is -2.32. The summed E-state index contributed by atoms with van der Waals surface area (Å²) in [5, 5.41) is 0. The third-order valence-corrected chi connectivity index (χ3v) is 4.65. The second-order valence-corrected chi connectivity index (χ2v) is 7.08. The molecule has 5 nitrogen and oxygen atoms in total. The summed E-state index contributed by atoms with van der Waals surface area (Å²) in [6.45, 7) is 3.84. The van der Waals surface area contributed by atoms with E-state index in [9.17, 15) is 9.59 Å². The van der Waals surface area contributed by atoms with Gasteiger partial charge in [0.25, 0.3) is 0 Å². The summed E-state index contributed by atoms with van der Waals surface area (Å²) in [6.07, 6.45) is -0.838. The Kier molecular flexibility index (Phi) is 6.14. The van der Waals surface area contributed by atoms with Gasteiger partial charge < -0.3 is 14.2 Å². The zero-order chi connectivity index (χ0) is 19.4. The maximum Gasteiger partial charge on any atom is 0.338 e. The van der Waals surface area contributed by atoms with E-state index < -0.39 is 29.7 Å². The first-order valence-corrected chi connectivity index (χ1v) is 9.17. The van der Waals surface area contributed by atoms with Gasteiger partial charge in [0.1, 0.15) is 24.4 Å². The Hall–Kier alpha value is -2.37. The first-order valence-electron chi connectivity index (χ1n) is 8.73. The van der Waals surface area contributed by atoms with E-state index in [4.69, 9.17) is 25.8 Å². The van der Waals surface area contributed by atoms with Crippen molar-refractivity contribution in [3.8, 4) is 0 Å². The average Bonchev–Trinajstić information content (AvgIpc) is 3.00. The monoisotopic (exact) mass is 388 g/mol. The van der Waals surface area contributed by atoms with Gasteiger partial charge in [0.05, 0.1) is 11.1 Å². The highest BCUT2D eigenvalue weighted by atomic mass is 35.5. The molecule has 142 valence electrons. The average molecular weight is 389 g/mol. The number of esters is 2. The summed E-state index contributed by atoms with van der Waals surface area (Å²) in [6, 6.07) is 14.2. The molecular weight excluding hydrogens is 368 g/mol. The summed E-state index contributed by atoms with van der Waals surface area (Å²) in [4.78, 5) is 24.5. The Bertz CT molecular complexity index is 800. The molecule has 1 aliphatic rings. The number of carbonyl (C=O) groups is 2. The minimum absolute atomic E-state index is 0.0399. The molecule has 1 fully saturated rings. The van der Waals surface area contributed by atoms with Crippen LogP contribution in [0.2, 0.25) is 0 Å². The van der Waals surface area contributed by atoms with Crippen LogP contribution in [0, 0.1) is 13.8 Å². The van der Waals surface area contributed by atoms with Crippen LogP contribution in [0.15, 0.2) is 48.5 Å². The van der Waals surface area contributed by atoms with Crippen LogP contribution in [0.3, 0.4) is 0 Å². The molecule has 0 N–H and O–H groups in total. The highest BCUT2D eigenvalue weighted by molar-refractivity contribution is 6.19. The van der Waals surface area contributed by atoms with Gasteiger partial charge in [-0.2, -0.15) is 0 Å². The molecule has 0 aromatic heterocycles. The molecule has 0 bridgehead atoms. The Labute approximate surface area is 163 Å². The van der Waals surface area contributed by atoms with Crippen LogP contribution in [0.1, 0.15) is 38.3 Å². The van der Waals surface area contributed by atoms with Gasteiger partial charge in [0.2, 0.25) is 0 Å². The van der Waals surface area contributed by atoms with Gasteiger partial charge in [-0.15, -0.1) is 0 Å². The maximum absolute atomic E-state index is 12.3. The molecular formula is C21H21ClO5. The fourth-order valence-corrected chi connectivity index (χ4v) is 3.07. The van der Waals surface area contributed by atoms with Gasteiger partial charge in [-0.25, -0.2) is 9.59 Å². The van der Waals surface area contributed by atoms with Crippen molar-refractivity contribution in [2.75, 3.05) is 6.61 Å². The topological polar surface area (TPSA) is 61.8 Å². The van der Waals surface area contributed by atoms with Crippen LogP contribution in [-0.2, 0) is 14.2 Å². The van der Waals surface area contributed by atoms with Crippen molar-refractivity contribution < 1.29 is 23.8 Å². The van der Waals surface area contributed by atoms with Crippen LogP contribution < -0.4 is 0 Å². The molecule has 27 heavy (non-hydrogen) atoms. The second-order valence-electron chi connectivity index (χ2n) is 6.59. The van der Waals surface area contributed by atoms with Crippen LogP contribution in [0.4, 0.5) is 0 Å². The molecule has 1 heterocycles. The van der Waals surface area contributed by atoms with E-state index in [0.29, 0.717) is 17.5 Å². The van der Waals surface area contributed by atoms with Crippen molar-refractivity contribution in [2.45, 2.75) is 38.0 Å². The lowest BCUT2D eigenvalue weighted by Gasteiger charge is -2.19. The molecule has 3 rings (SSSR count). The maximum atomic E-state index is 12.3. The third-order valence-electron chi connectivity index (χ3n) is 4.37. The Morgan fingerprint density at radius 2 is 1.48 bits per heavy atom. The summed E-state index contributed by atoms with van der Waals surface area (Å²) in [5.74, 6) is -0.913. The van der Waals surface area contributed by atoms with Crippen molar-refractivity contribution in [1.29, 1.82) is 0 Å². The zero-order valence-corrected chi connectivity index (χ0v) is 15.9. The molecule has 1 saturated heterocycles. The Balaban J connectivity index is 1.58. The third kappa shape index (κ3) is 5.08. The number of hydrogen-bond donors (Lipinski definition) is 0. The van der Waals surface area contributed by atoms with Crippen molar-refractivity contribution >= 4 is 23.5 Å². The number of ether oxygens (including phenoxy) is 3. The molecule has 1 aliphatic heterocycles. The van der Waals surface area contributed by atoms with Crippen LogP contribution in [0.5, 0.6) is 0 Å². The Morgan fingerprint density at radius 1 is 0.963 bits per heavy atom. The smallest absolute Gasteiger partial charge is 0.338 e. The SMILES string of the molecule is Cc1ccc(C(=O)OC[C@H]2OC(Cl)C[C@@H]2OC(=O)c2ccc(C)cc2)cc1. The van der Waals surface area contributed by atoms with Gasteiger partial charge in [-0.1, -0.05) is 47.0 Å². The molecule has 0 amide bonds. The van der Waals surface area contributed by atoms with Gasteiger partial charge in [0.15, 0.2) is 0 Å². The number of benzene rings is 2. The van der Waals surface area contributed by atoms with E-state index in [1.165, 1.54) is 0 Å². The quantitative estimate of drug-likeness (QED) is 0.571. The molecule has 3 atom stereocenters. The number of halogens is 1. The predicted octanol–water partition coefficient (Wildman–Crippen LogP) is 4.04. The first kappa shape index (κ1) is 19.4. The minimum Gasteiger partial charge on any atom is -0.459 e. The molecule has 2 aromatic rings. The lowest BCUT2D eigenvalue weighted by molar-refractivity contribution is -0.0322. The highest BCUT2D eigenvalue weighted by Gasteiger charge is 2.38. The van der Waals surface area contributed by atoms with Gasteiger partial charge >= 0.3 is 11.9 Å². The van der Waals surface area contributed by atoms with E-state index in [1.54, 1.807) is 24.3 Å². The number of alkyl halides is 1. The summed E-state index contributed by atoms with van der Waals surface area (Å²) in [5.41, 5.74) is 2.42. The van der Waals surface area contributed by atoms with E-state index in [-0.39, 0.29) is 6.61 Å². The number of aryl methyl sites for hydroxylation is 2. The first-order chi connectivity index (χ1) is 12.9. The molecule has 1 unspecified atom stereocenters. The van der Waals surface area contributed by atoms with Gasteiger partial charge in [-0.05, 0) is 38.1 Å².